The maximum absolute atomic E-state index is 12.8. The summed E-state index contributed by atoms with van der Waals surface area (Å²) in [5.41, 5.74) is 4.08. The van der Waals surface area contributed by atoms with Crippen molar-refractivity contribution in [2.24, 2.45) is 0 Å². The second-order valence-electron chi connectivity index (χ2n) is 10.6. The number of benzene rings is 3. The Morgan fingerprint density at radius 3 is 2.24 bits per heavy atom. The molecule has 5 rings (SSSR count). The molecule has 3 atom stereocenters. The lowest BCUT2D eigenvalue weighted by Crippen LogP contribution is -2.46. The van der Waals surface area contributed by atoms with Crippen LogP contribution in [0.25, 0.3) is 0 Å². The van der Waals surface area contributed by atoms with Gasteiger partial charge in [0.2, 0.25) is 0 Å². The number of alkyl carbamates (subject to hydrolysis) is 1. The van der Waals surface area contributed by atoms with E-state index in [1.165, 1.54) is 5.56 Å². The fraction of sp³-hybridized carbons (Fsp3) is 0.375. The average molecular weight is 512 g/mol. The van der Waals surface area contributed by atoms with Crippen molar-refractivity contribution in [1.82, 2.24) is 16.0 Å². The van der Waals surface area contributed by atoms with Gasteiger partial charge < -0.3 is 20.7 Å². The van der Waals surface area contributed by atoms with E-state index in [1.807, 2.05) is 79.7 Å². The van der Waals surface area contributed by atoms with Gasteiger partial charge in [0.15, 0.2) is 0 Å². The smallest absolute Gasteiger partial charge is 0.408 e. The highest BCUT2D eigenvalue weighted by atomic mass is 16.5. The van der Waals surface area contributed by atoms with E-state index in [9.17, 15) is 9.59 Å². The zero-order valence-corrected chi connectivity index (χ0v) is 22.0. The molecule has 0 bridgehead atoms. The van der Waals surface area contributed by atoms with Crippen LogP contribution < -0.4 is 16.0 Å². The van der Waals surface area contributed by atoms with Crippen molar-refractivity contribution < 1.29 is 14.3 Å². The molecule has 0 heterocycles. The SMILES string of the molecule is C[C@H](NC(=O)N[C@H]1CCCC[C@H]1c1ccc(COC(=O)NC2(c3ccccc3)CC2)cc1)c1ccccc1. The summed E-state index contributed by atoms with van der Waals surface area (Å²) in [6.07, 6.45) is 5.75. The van der Waals surface area contributed by atoms with Crippen LogP contribution in [0.15, 0.2) is 84.9 Å². The van der Waals surface area contributed by atoms with E-state index >= 15 is 0 Å². The fourth-order valence-electron chi connectivity index (χ4n) is 5.54. The molecule has 3 aromatic rings. The van der Waals surface area contributed by atoms with Crippen LogP contribution in [-0.2, 0) is 16.9 Å². The molecular weight excluding hydrogens is 474 g/mol. The quantitative estimate of drug-likeness (QED) is 0.315. The summed E-state index contributed by atoms with van der Waals surface area (Å²) < 4.78 is 5.54. The van der Waals surface area contributed by atoms with Gasteiger partial charge in [-0.25, -0.2) is 9.59 Å². The Kier molecular flexibility index (Phi) is 7.97. The standard InChI is InChI=1S/C32H37N3O3/c1-23(25-10-4-2-5-11-25)33-30(36)34-29-15-9-8-14-28(29)26-18-16-24(17-19-26)22-38-31(37)35-32(20-21-32)27-12-6-3-7-13-27/h2-7,10-13,16-19,23,28-29H,8-9,14-15,20-22H2,1H3,(H,35,37)(H2,33,34,36)/t23-,28-,29-/m0/s1. The summed E-state index contributed by atoms with van der Waals surface area (Å²) in [7, 11) is 0. The molecule has 2 aliphatic rings. The van der Waals surface area contributed by atoms with Crippen molar-refractivity contribution in [1.29, 1.82) is 0 Å². The Bertz CT molecular complexity index is 1210. The highest BCUT2D eigenvalue weighted by Crippen LogP contribution is 2.45. The summed E-state index contributed by atoms with van der Waals surface area (Å²) in [5, 5.41) is 9.37. The van der Waals surface area contributed by atoms with Crippen LogP contribution in [-0.4, -0.2) is 18.2 Å². The zero-order valence-electron chi connectivity index (χ0n) is 22.0. The maximum Gasteiger partial charge on any atom is 0.408 e. The Hall–Kier alpha value is -3.80. The van der Waals surface area contributed by atoms with Gasteiger partial charge in [-0.2, -0.15) is 0 Å². The number of nitrogens with one attached hydrogen (secondary N) is 3. The molecule has 0 spiro atoms. The molecule has 6 heteroatoms. The first-order valence-electron chi connectivity index (χ1n) is 13.7. The average Bonchev–Trinajstić information content (AvgIpc) is 3.74. The maximum atomic E-state index is 12.8. The van der Waals surface area contributed by atoms with Gasteiger partial charge in [-0.1, -0.05) is 97.8 Å². The van der Waals surface area contributed by atoms with E-state index < -0.39 is 0 Å². The minimum Gasteiger partial charge on any atom is -0.445 e. The molecule has 198 valence electrons. The molecule has 3 N–H and O–H groups in total. The lowest BCUT2D eigenvalue weighted by atomic mass is 9.80. The van der Waals surface area contributed by atoms with E-state index in [2.05, 4.69) is 28.1 Å². The highest BCUT2D eigenvalue weighted by Gasteiger charge is 2.46. The van der Waals surface area contributed by atoms with E-state index in [0.717, 1.165) is 55.2 Å². The fourth-order valence-corrected chi connectivity index (χ4v) is 5.54. The Labute approximate surface area is 225 Å². The molecule has 0 unspecified atom stereocenters. The Morgan fingerprint density at radius 1 is 0.895 bits per heavy atom. The van der Waals surface area contributed by atoms with Crippen LogP contribution in [0.2, 0.25) is 0 Å². The van der Waals surface area contributed by atoms with Crippen molar-refractivity contribution in [3.05, 3.63) is 107 Å². The van der Waals surface area contributed by atoms with Gasteiger partial charge in [0, 0.05) is 12.0 Å². The summed E-state index contributed by atoms with van der Waals surface area (Å²) in [6, 6.07) is 28.2. The van der Waals surface area contributed by atoms with E-state index in [4.69, 9.17) is 4.74 Å². The van der Waals surface area contributed by atoms with Gasteiger partial charge >= 0.3 is 12.1 Å². The lowest BCUT2D eigenvalue weighted by molar-refractivity contribution is 0.134. The first-order valence-corrected chi connectivity index (χ1v) is 13.7. The van der Waals surface area contributed by atoms with Crippen LogP contribution >= 0.6 is 0 Å². The molecule has 3 aromatic carbocycles. The first-order chi connectivity index (χ1) is 18.5. The number of carbonyl (C=O) groups is 2. The van der Waals surface area contributed by atoms with Gasteiger partial charge in [-0.3, -0.25) is 0 Å². The number of hydrogen-bond donors (Lipinski definition) is 3. The van der Waals surface area contributed by atoms with Crippen LogP contribution in [0.4, 0.5) is 9.59 Å². The van der Waals surface area contributed by atoms with Gasteiger partial charge in [-0.15, -0.1) is 0 Å². The third kappa shape index (κ3) is 6.36. The van der Waals surface area contributed by atoms with Crippen molar-refractivity contribution in [2.75, 3.05) is 0 Å². The molecule has 0 aromatic heterocycles. The molecule has 2 fully saturated rings. The summed E-state index contributed by atoms with van der Waals surface area (Å²) in [6.45, 7) is 2.23. The van der Waals surface area contributed by atoms with Gasteiger partial charge in [0.05, 0.1) is 11.6 Å². The van der Waals surface area contributed by atoms with Crippen molar-refractivity contribution in [3.63, 3.8) is 0 Å². The molecule has 0 radical (unpaired) electrons. The van der Waals surface area contributed by atoms with Crippen LogP contribution in [0.5, 0.6) is 0 Å². The van der Waals surface area contributed by atoms with E-state index in [1.54, 1.807) is 0 Å². The number of rotatable bonds is 8. The number of ether oxygens (including phenoxy) is 1. The molecular formula is C32H37N3O3. The number of amides is 3. The van der Waals surface area contributed by atoms with E-state index in [-0.39, 0.29) is 42.3 Å². The normalized spacial score (nSPS) is 20.6. The summed E-state index contributed by atoms with van der Waals surface area (Å²) in [5.74, 6) is 0.264. The van der Waals surface area contributed by atoms with E-state index in [0.29, 0.717) is 0 Å². The predicted molar refractivity (Wildman–Crippen MR) is 149 cm³/mol. The van der Waals surface area contributed by atoms with Crippen LogP contribution in [0.3, 0.4) is 0 Å². The second kappa shape index (κ2) is 11.7. The Morgan fingerprint density at radius 2 is 1.55 bits per heavy atom. The second-order valence-corrected chi connectivity index (χ2v) is 10.6. The lowest BCUT2D eigenvalue weighted by Gasteiger charge is -2.33. The summed E-state index contributed by atoms with van der Waals surface area (Å²) >= 11 is 0. The number of carbonyl (C=O) groups excluding carboxylic acids is 2. The molecule has 0 saturated heterocycles. The topological polar surface area (TPSA) is 79.5 Å². The minimum atomic E-state index is -0.386. The summed E-state index contributed by atoms with van der Waals surface area (Å²) in [4.78, 5) is 25.3. The molecule has 2 saturated carbocycles. The highest BCUT2D eigenvalue weighted by molar-refractivity contribution is 5.75. The molecule has 6 nitrogen and oxygen atoms in total. The van der Waals surface area contributed by atoms with Gasteiger partial charge in [0.1, 0.15) is 6.61 Å². The van der Waals surface area contributed by atoms with Crippen LogP contribution in [0.1, 0.15) is 79.7 Å². The molecule has 2 aliphatic carbocycles. The molecule has 0 aliphatic heterocycles. The van der Waals surface area contributed by atoms with Gasteiger partial charge in [0.25, 0.3) is 0 Å². The van der Waals surface area contributed by atoms with Gasteiger partial charge in [-0.05, 0) is 54.9 Å². The minimum absolute atomic E-state index is 0.0581. The van der Waals surface area contributed by atoms with Crippen LogP contribution in [0, 0.1) is 0 Å². The number of urea groups is 1. The monoisotopic (exact) mass is 511 g/mol. The zero-order chi connectivity index (χ0) is 26.4. The predicted octanol–water partition coefficient (Wildman–Crippen LogP) is 6.69. The third-order valence-corrected chi connectivity index (χ3v) is 7.93. The van der Waals surface area contributed by atoms with Crippen molar-refractivity contribution in [3.8, 4) is 0 Å². The Balaban J connectivity index is 1.13. The first kappa shape index (κ1) is 25.8. The molecule has 38 heavy (non-hydrogen) atoms. The molecule has 3 amide bonds. The largest absolute Gasteiger partial charge is 0.445 e. The van der Waals surface area contributed by atoms with Crippen molar-refractivity contribution >= 4 is 12.1 Å². The van der Waals surface area contributed by atoms with Crippen molar-refractivity contribution in [2.45, 2.75) is 75.6 Å². The number of hydrogen-bond acceptors (Lipinski definition) is 3. The third-order valence-electron chi connectivity index (χ3n) is 7.93.